The molecular formula is C21H21FN2O4. The second-order valence-corrected chi connectivity index (χ2v) is 6.47. The molecule has 7 heteroatoms. The molecule has 0 spiro atoms. The standard InChI is InChI=1S/C21H21FN2O4/c1-13-6-7-15(11-18(13)22)14-4-3-5-16(10-14)23-19-17(21(27)28-2)12-24(8-9-25)20(19)26/h3-7,10-11,23,25H,8-9,12H2,1-2H3. The van der Waals surface area contributed by atoms with Crippen molar-refractivity contribution < 1.29 is 23.8 Å². The van der Waals surface area contributed by atoms with Gasteiger partial charge in [-0.05, 0) is 41.8 Å². The highest BCUT2D eigenvalue weighted by atomic mass is 19.1. The minimum Gasteiger partial charge on any atom is -0.466 e. The van der Waals surface area contributed by atoms with Crippen molar-refractivity contribution in [2.24, 2.45) is 0 Å². The van der Waals surface area contributed by atoms with Gasteiger partial charge >= 0.3 is 5.97 Å². The van der Waals surface area contributed by atoms with Crippen LogP contribution in [0, 0.1) is 12.7 Å². The quantitative estimate of drug-likeness (QED) is 0.748. The molecule has 0 unspecified atom stereocenters. The topological polar surface area (TPSA) is 78.9 Å². The summed E-state index contributed by atoms with van der Waals surface area (Å²) in [6, 6.07) is 12.1. The van der Waals surface area contributed by atoms with Crippen LogP contribution in [0.3, 0.4) is 0 Å². The first-order valence-corrected chi connectivity index (χ1v) is 8.79. The lowest BCUT2D eigenvalue weighted by atomic mass is 10.0. The number of esters is 1. The predicted octanol–water partition coefficient (Wildman–Crippen LogP) is 2.47. The Morgan fingerprint density at radius 2 is 2.00 bits per heavy atom. The molecule has 0 fully saturated rings. The van der Waals surface area contributed by atoms with Crippen molar-refractivity contribution in [3.8, 4) is 11.1 Å². The van der Waals surface area contributed by atoms with Crippen LogP contribution >= 0.6 is 0 Å². The molecule has 6 nitrogen and oxygen atoms in total. The highest BCUT2D eigenvalue weighted by Crippen LogP contribution is 2.27. The average molecular weight is 384 g/mol. The fourth-order valence-electron chi connectivity index (χ4n) is 3.04. The zero-order valence-electron chi connectivity index (χ0n) is 15.7. The Balaban J connectivity index is 1.92. The van der Waals surface area contributed by atoms with Crippen LogP contribution in [0.5, 0.6) is 0 Å². The van der Waals surface area contributed by atoms with Crippen LogP contribution in [0.25, 0.3) is 11.1 Å². The van der Waals surface area contributed by atoms with Gasteiger partial charge in [-0.25, -0.2) is 9.18 Å². The number of aryl methyl sites for hydroxylation is 1. The number of benzene rings is 2. The van der Waals surface area contributed by atoms with E-state index in [1.165, 1.54) is 18.1 Å². The molecule has 0 atom stereocenters. The van der Waals surface area contributed by atoms with Gasteiger partial charge in [-0.3, -0.25) is 4.79 Å². The molecule has 2 aromatic carbocycles. The Morgan fingerprint density at radius 1 is 1.25 bits per heavy atom. The van der Waals surface area contributed by atoms with E-state index in [9.17, 15) is 14.0 Å². The molecule has 0 saturated heterocycles. The highest BCUT2D eigenvalue weighted by molar-refractivity contribution is 6.08. The van der Waals surface area contributed by atoms with Gasteiger partial charge in [0.05, 0.1) is 25.8 Å². The lowest BCUT2D eigenvalue weighted by Crippen LogP contribution is -2.31. The molecular weight excluding hydrogens is 363 g/mol. The number of hydrogen-bond donors (Lipinski definition) is 2. The first-order valence-electron chi connectivity index (χ1n) is 8.79. The van der Waals surface area contributed by atoms with Crippen molar-refractivity contribution in [2.45, 2.75) is 6.92 Å². The second kappa shape index (κ2) is 8.22. The summed E-state index contributed by atoms with van der Waals surface area (Å²) in [5.74, 6) is -1.29. The number of methoxy groups -OCH3 is 1. The number of anilines is 1. The van der Waals surface area contributed by atoms with Gasteiger partial charge in [0.15, 0.2) is 0 Å². The van der Waals surface area contributed by atoms with Gasteiger partial charge in [-0.2, -0.15) is 0 Å². The van der Waals surface area contributed by atoms with E-state index in [1.54, 1.807) is 31.2 Å². The predicted molar refractivity (Wildman–Crippen MR) is 103 cm³/mol. The van der Waals surface area contributed by atoms with Gasteiger partial charge in [-0.1, -0.05) is 24.3 Å². The minimum atomic E-state index is -0.604. The summed E-state index contributed by atoms with van der Waals surface area (Å²) in [4.78, 5) is 26.0. The summed E-state index contributed by atoms with van der Waals surface area (Å²) in [7, 11) is 1.25. The third kappa shape index (κ3) is 3.89. The molecule has 1 aliphatic heterocycles. The molecule has 0 aromatic heterocycles. The molecule has 2 N–H and O–H groups in total. The number of nitrogens with one attached hydrogen (secondary N) is 1. The van der Waals surface area contributed by atoms with Crippen LogP contribution in [-0.4, -0.2) is 48.7 Å². The molecule has 0 bridgehead atoms. The van der Waals surface area contributed by atoms with Crippen LogP contribution in [-0.2, 0) is 14.3 Å². The molecule has 146 valence electrons. The Hall–Kier alpha value is -3.19. The van der Waals surface area contributed by atoms with Gasteiger partial charge in [0.25, 0.3) is 5.91 Å². The van der Waals surface area contributed by atoms with E-state index in [2.05, 4.69) is 5.32 Å². The van der Waals surface area contributed by atoms with Crippen molar-refractivity contribution in [1.29, 1.82) is 0 Å². The number of aliphatic hydroxyl groups excluding tert-OH is 1. The molecule has 28 heavy (non-hydrogen) atoms. The summed E-state index contributed by atoms with van der Waals surface area (Å²) in [5.41, 5.74) is 2.93. The van der Waals surface area contributed by atoms with Gasteiger partial charge in [0.1, 0.15) is 11.5 Å². The first kappa shape index (κ1) is 19.6. The number of amides is 1. The molecule has 0 aliphatic carbocycles. The monoisotopic (exact) mass is 384 g/mol. The molecule has 3 rings (SSSR count). The third-order valence-corrected chi connectivity index (χ3v) is 4.59. The van der Waals surface area contributed by atoms with E-state index in [-0.39, 0.29) is 42.7 Å². The lowest BCUT2D eigenvalue weighted by molar-refractivity contribution is -0.136. The van der Waals surface area contributed by atoms with Crippen LogP contribution in [0.1, 0.15) is 5.56 Å². The number of halogens is 1. The fraction of sp³-hybridized carbons (Fsp3) is 0.238. The SMILES string of the molecule is COC(=O)C1=C(Nc2cccc(-c3ccc(C)c(F)c3)c2)C(=O)N(CCO)C1. The van der Waals surface area contributed by atoms with E-state index >= 15 is 0 Å². The summed E-state index contributed by atoms with van der Waals surface area (Å²) in [5, 5.41) is 12.1. The van der Waals surface area contributed by atoms with E-state index < -0.39 is 5.97 Å². The number of hydrogen-bond acceptors (Lipinski definition) is 5. The Morgan fingerprint density at radius 3 is 2.68 bits per heavy atom. The molecule has 1 heterocycles. The van der Waals surface area contributed by atoms with Crippen LogP contribution < -0.4 is 5.32 Å². The molecule has 0 radical (unpaired) electrons. The zero-order valence-corrected chi connectivity index (χ0v) is 15.7. The smallest absolute Gasteiger partial charge is 0.337 e. The van der Waals surface area contributed by atoms with Gasteiger partial charge in [0.2, 0.25) is 0 Å². The van der Waals surface area contributed by atoms with E-state index in [0.717, 1.165) is 5.56 Å². The number of carbonyl (C=O) groups excluding carboxylic acids is 2. The number of ether oxygens (including phenoxy) is 1. The molecule has 2 aromatic rings. The number of rotatable bonds is 6. The normalized spacial score (nSPS) is 13.9. The fourth-order valence-corrected chi connectivity index (χ4v) is 3.04. The zero-order chi connectivity index (χ0) is 20.3. The number of carbonyl (C=O) groups is 2. The van der Waals surface area contributed by atoms with E-state index in [1.807, 2.05) is 12.1 Å². The third-order valence-electron chi connectivity index (χ3n) is 4.59. The van der Waals surface area contributed by atoms with Gasteiger partial charge in [0, 0.05) is 12.2 Å². The van der Waals surface area contributed by atoms with Crippen molar-refractivity contribution >= 4 is 17.6 Å². The second-order valence-electron chi connectivity index (χ2n) is 6.47. The summed E-state index contributed by atoms with van der Waals surface area (Å²) in [6.45, 7) is 1.67. The molecule has 1 amide bonds. The van der Waals surface area contributed by atoms with Crippen LogP contribution in [0.4, 0.5) is 10.1 Å². The summed E-state index contributed by atoms with van der Waals surface area (Å²) < 4.78 is 18.7. The van der Waals surface area contributed by atoms with E-state index in [0.29, 0.717) is 16.8 Å². The van der Waals surface area contributed by atoms with Crippen molar-refractivity contribution in [1.82, 2.24) is 4.90 Å². The summed E-state index contributed by atoms with van der Waals surface area (Å²) >= 11 is 0. The maximum atomic E-state index is 13.9. The van der Waals surface area contributed by atoms with E-state index in [4.69, 9.17) is 9.84 Å². The van der Waals surface area contributed by atoms with Gasteiger partial charge < -0.3 is 20.1 Å². The first-order chi connectivity index (χ1) is 13.4. The van der Waals surface area contributed by atoms with Crippen molar-refractivity contribution in [2.75, 3.05) is 32.1 Å². The maximum absolute atomic E-state index is 13.9. The van der Waals surface area contributed by atoms with Crippen LogP contribution in [0.15, 0.2) is 53.7 Å². The Bertz CT molecular complexity index is 955. The van der Waals surface area contributed by atoms with Gasteiger partial charge in [-0.15, -0.1) is 0 Å². The average Bonchev–Trinajstić information content (AvgIpc) is 3.00. The van der Waals surface area contributed by atoms with Crippen LogP contribution in [0.2, 0.25) is 0 Å². The van der Waals surface area contributed by atoms with Crippen molar-refractivity contribution in [3.05, 3.63) is 65.1 Å². The summed E-state index contributed by atoms with van der Waals surface area (Å²) in [6.07, 6.45) is 0. The number of β-amino-alcohol motifs (C(OH)–C–C–N with tert-alkyl or cyclic N) is 1. The highest BCUT2D eigenvalue weighted by Gasteiger charge is 2.34. The largest absolute Gasteiger partial charge is 0.466 e. The minimum absolute atomic E-state index is 0.0667. The lowest BCUT2D eigenvalue weighted by Gasteiger charge is -2.15. The number of aliphatic hydroxyl groups is 1. The maximum Gasteiger partial charge on any atom is 0.337 e. The Labute approximate surface area is 162 Å². The molecule has 0 saturated carbocycles. The Kier molecular flexibility index (Phi) is 5.75. The van der Waals surface area contributed by atoms with Crippen molar-refractivity contribution in [3.63, 3.8) is 0 Å². The number of nitrogens with zero attached hydrogens (tertiary/aromatic N) is 1. The molecule has 1 aliphatic rings.